The first-order valence-electron chi connectivity index (χ1n) is 8.99. The molecule has 1 unspecified atom stereocenters. The van der Waals surface area contributed by atoms with Crippen LogP contribution in [0.25, 0.3) is 0 Å². The van der Waals surface area contributed by atoms with E-state index >= 15 is 0 Å². The van der Waals surface area contributed by atoms with Crippen LogP contribution in [0.2, 0.25) is 0 Å². The minimum Gasteiger partial charge on any atom is -0.462 e. The van der Waals surface area contributed by atoms with Gasteiger partial charge in [-0.2, -0.15) is 0 Å². The third-order valence-corrected chi connectivity index (χ3v) is 3.96. The number of rotatable bonds is 9. The molecule has 5 heteroatoms. The molecule has 1 amide bonds. The van der Waals surface area contributed by atoms with Gasteiger partial charge in [0.05, 0.1) is 18.7 Å². The molecule has 0 aliphatic carbocycles. The monoisotopic (exact) mass is 354 g/mol. The zero-order chi connectivity index (χ0) is 18.8. The van der Waals surface area contributed by atoms with Crippen molar-refractivity contribution < 1.29 is 14.3 Å². The van der Waals surface area contributed by atoms with Crippen molar-refractivity contribution in [2.45, 2.75) is 32.7 Å². The standard InChI is InChI=1S/C21H26N2O3/c1-3-14-26-21(25)17-10-12-18(13-11-17)23-20(24)15-22-19(4-2)16-8-6-5-7-9-16/h5-13,19,22H,3-4,14-15H2,1-2H3,(H,23,24). The quantitative estimate of drug-likeness (QED) is 0.670. The molecule has 0 fully saturated rings. The summed E-state index contributed by atoms with van der Waals surface area (Å²) in [4.78, 5) is 23.9. The summed E-state index contributed by atoms with van der Waals surface area (Å²) < 4.78 is 5.08. The number of benzene rings is 2. The Morgan fingerprint density at radius 1 is 1.00 bits per heavy atom. The molecule has 0 heterocycles. The van der Waals surface area contributed by atoms with Crippen molar-refractivity contribution in [2.24, 2.45) is 0 Å². The normalized spacial score (nSPS) is 11.6. The molecule has 0 aliphatic heterocycles. The number of nitrogens with one attached hydrogen (secondary N) is 2. The van der Waals surface area contributed by atoms with Crippen LogP contribution in [0.15, 0.2) is 54.6 Å². The first kappa shape index (κ1) is 19.7. The van der Waals surface area contributed by atoms with Crippen LogP contribution in [-0.4, -0.2) is 25.0 Å². The van der Waals surface area contributed by atoms with Gasteiger partial charge in [-0.15, -0.1) is 0 Å². The molecular weight excluding hydrogens is 328 g/mol. The predicted octanol–water partition coefficient (Wildman–Crippen LogP) is 3.93. The Kier molecular flexibility index (Phi) is 7.83. The molecule has 2 N–H and O–H groups in total. The van der Waals surface area contributed by atoms with Crippen LogP contribution < -0.4 is 10.6 Å². The van der Waals surface area contributed by atoms with Crippen LogP contribution >= 0.6 is 0 Å². The molecule has 2 aromatic rings. The fourth-order valence-corrected chi connectivity index (χ4v) is 2.57. The van der Waals surface area contributed by atoms with E-state index in [1.807, 2.05) is 25.1 Å². The zero-order valence-corrected chi connectivity index (χ0v) is 15.3. The Morgan fingerprint density at radius 3 is 2.31 bits per heavy atom. The maximum absolute atomic E-state index is 12.2. The van der Waals surface area contributed by atoms with E-state index in [1.165, 1.54) is 0 Å². The van der Waals surface area contributed by atoms with Crippen molar-refractivity contribution >= 4 is 17.6 Å². The Labute approximate surface area is 154 Å². The van der Waals surface area contributed by atoms with E-state index in [-0.39, 0.29) is 24.5 Å². The average molecular weight is 354 g/mol. The van der Waals surface area contributed by atoms with E-state index in [0.717, 1.165) is 18.4 Å². The van der Waals surface area contributed by atoms with Crippen LogP contribution in [0.5, 0.6) is 0 Å². The third-order valence-electron chi connectivity index (χ3n) is 3.96. The van der Waals surface area contributed by atoms with Crippen LogP contribution in [-0.2, 0) is 9.53 Å². The molecular formula is C21H26N2O3. The second-order valence-electron chi connectivity index (χ2n) is 6.01. The largest absolute Gasteiger partial charge is 0.462 e. The summed E-state index contributed by atoms with van der Waals surface area (Å²) in [7, 11) is 0. The highest BCUT2D eigenvalue weighted by Crippen LogP contribution is 2.15. The second-order valence-corrected chi connectivity index (χ2v) is 6.01. The van der Waals surface area contributed by atoms with Crippen LogP contribution in [0.1, 0.15) is 48.7 Å². The fraction of sp³-hybridized carbons (Fsp3) is 0.333. The van der Waals surface area contributed by atoms with Crippen molar-refractivity contribution in [1.82, 2.24) is 5.32 Å². The lowest BCUT2D eigenvalue weighted by atomic mass is 10.0. The number of carbonyl (C=O) groups excluding carboxylic acids is 2. The predicted molar refractivity (Wildman–Crippen MR) is 103 cm³/mol. The van der Waals surface area contributed by atoms with Crippen molar-refractivity contribution in [2.75, 3.05) is 18.5 Å². The molecule has 1 atom stereocenters. The Hall–Kier alpha value is -2.66. The highest BCUT2D eigenvalue weighted by Gasteiger charge is 2.11. The molecule has 5 nitrogen and oxygen atoms in total. The number of hydrogen-bond donors (Lipinski definition) is 2. The Balaban J connectivity index is 1.84. The molecule has 2 aromatic carbocycles. The topological polar surface area (TPSA) is 67.4 Å². The maximum Gasteiger partial charge on any atom is 0.338 e. The number of esters is 1. The van der Waals surface area contributed by atoms with Crippen molar-refractivity contribution in [3.8, 4) is 0 Å². The van der Waals surface area contributed by atoms with Gasteiger partial charge in [0.25, 0.3) is 0 Å². The van der Waals surface area contributed by atoms with Crippen molar-refractivity contribution in [3.05, 3.63) is 65.7 Å². The summed E-state index contributed by atoms with van der Waals surface area (Å²) in [5.74, 6) is -0.472. The van der Waals surface area contributed by atoms with E-state index in [2.05, 4.69) is 29.7 Å². The number of anilines is 1. The third kappa shape index (κ3) is 6.01. The van der Waals surface area contributed by atoms with E-state index in [1.54, 1.807) is 24.3 Å². The molecule has 0 aliphatic rings. The zero-order valence-electron chi connectivity index (χ0n) is 15.3. The van der Waals surface area contributed by atoms with Crippen LogP contribution in [0.4, 0.5) is 5.69 Å². The lowest BCUT2D eigenvalue weighted by molar-refractivity contribution is -0.115. The van der Waals surface area contributed by atoms with Gasteiger partial charge in [0.2, 0.25) is 5.91 Å². The number of amides is 1. The van der Waals surface area contributed by atoms with Crippen LogP contribution in [0, 0.1) is 0 Å². The average Bonchev–Trinajstić information content (AvgIpc) is 2.68. The molecule has 0 bridgehead atoms. The van der Waals surface area contributed by atoms with Gasteiger partial charge in [-0.3, -0.25) is 4.79 Å². The van der Waals surface area contributed by atoms with Gasteiger partial charge < -0.3 is 15.4 Å². The molecule has 0 aromatic heterocycles. The fourth-order valence-electron chi connectivity index (χ4n) is 2.57. The van der Waals surface area contributed by atoms with E-state index < -0.39 is 0 Å². The lowest BCUT2D eigenvalue weighted by Crippen LogP contribution is -2.31. The van der Waals surface area contributed by atoms with Crippen molar-refractivity contribution in [3.63, 3.8) is 0 Å². The van der Waals surface area contributed by atoms with E-state index in [4.69, 9.17) is 4.74 Å². The minimum atomic E-state index is -0.347. The summed E-state index contributed by atoms with van der Waals surface area (Å²) in [5.41, 5.74) is 2.29. The smallest absolute Gasteiger partial charge is 0.338 e. The number of hydrogen-bond acceptors (Lipinski definition) is 4. The van der Waals surface area contributed by atoms with Gasteiger partial charge >= 0.3 is 5.97 Å². The highest BCUT2D eigenvalue weighted by atomic mass is 16.5. The molecule has 138 valence electrons. The Bertz CT molecular complexity index is 699. The molecule has 0 saturated heterocycles. The maximum atomic E-state index is 12.2. The van der Waals surface area contributed by atoms with Gasteiger partial charge in [-0.25, -0.2) is 4.79 Å². The van der Waals surface area contributed by atoms with E-state index in [9.17, 15) is 9.59 Å². The van der Waals surface area contributed by atoms with Gasteiger partial charge in [-0.1, -0.05) is 44.2 Å². The molecule has 26 heavy (non-hydrogen) atoms. The van der Waals surface area contributed by atoms with Crippen molar-refractivity contribution in [1.29, 1.82) is 0 Å². The molecule has 0 saturated carbocycles. The SMILES string of the molecule is CCCOC(=O)c1ccc(NC(=O)CNC(CC)c2ccccc2)cc1. The molecule has 0 spiro atoms. The van der Waals surface area contributed by atoms with Gasteiger partial charge in [0.1, 0.15) is 0 Å². The summed E-state index contributed by atoms with van der Waals surface area (Å²) in [5, 5.41) is 6.10. The second kappa shape index (κ2) is 10.4. The van der Waals surface area contributed by atoms with Gasteiger partial charge in [0.15, 0.2) is 0 Å². The first-order valence-corrected chi connectivity index (χ1v) is 8.99. The summed E-state index contributed by atoms with van der Waals surface area (Å²) in [6, 6.07) is 16.9. The molecule has 2 rings (SSSR count). The molecule has 0 radical (unpaired) electrons. The van der Waals surface area contributed by atoms with Crippen LogP contribution in [0.3, 0.4) is 0 Å². The highest BCUT2D eigenvalue weighted by molar-refractivity contribution is 5.94. The Morgan fingerprint density at radius 2 is 1.69 bits per heavy atom. The van der Waals surface area contributed by atoms with E-state index in [0.29, 0.717) is 17.9 Å². The van der Waals surface area contributed by atoms with Gasteiger partial charge in [-0.05, 0) is 42.7 Å². The van der Waals surface area contributed by atoms with Gasteiger partial charge in [0, 0.05) is 11.7 Å². The first-order chi connectivity index (χ1) is 12.6. The summed E-state index contributed by atoms with van der Waals surface area (Å²) in [6.07, 6.45) is 1.68. The minimum absolute atomic E-state index is 0.124. The lowest BCUT2D eigenvalue weighted by Gasteiger charge is -2.17. The number of ether oxygens (including phenoxy) is 1. The summed E-state index contributed by atoms with van der Waals surface area (Å²) >= 11 is 0. The number of carbonyl (C=O) groups is 2. The summed E-state index contributed by atoms with van der Waals surface area (Å²) in [6.45, 7) is 4.65.